The van der Waals surface area contributed by atoms with Gasteiger partial charge in [0.1, 0.15) is 0 Å². The molecule has 1 aliphatic rings. The lowest BCUT2D eigenvalue weighted by Gasteiger charge is -2.35. The van der Waals surface area contributed by atoms with Gasteiger partial charge in [0.05, 0.1) is 12.2 Å². The summed E-state index contributed by atoms with van der Waals surface area (Å²) in [5, 5.41) is 3.00. The van der Waals surface area contributed by atoms with E-state index in [-0.39, 0.29) is 17.7 Å². The number of para-hydroxylation sites is 1. The van der Waals surface area contributed by atoms with E-state index in [1.54, 1.807) is 11.8 Å². The van der Waals surface area contributed by atoms with Crippen LogP contribution in [0.3, 0.4) is 0 Å². The van der Waals surface area contributed by atoms with E-state index in [1.165, 1.54) is 0 Å². The van der Waals surface area contributed by atoms with Crippen LogP contribution in [0, 0.1) is 5.92 Å². The average molecular weight is 362 g/mol. The number of carbonyl (C=O) groups is 2. The number of benzene rings is 1. The van der Waals surface area contributed by atoms with E-state index in [0.717, 1.165) is 29.4 Å². The van der Waals surface area contributed by atoms with E-state index < -0.39 is 0 Å². The topological polar surface area (TPSA) is 52.7 Å². The Hall–Kier alpha value is -1.79. The predicted molar refractivity (Wildman–Crippen MR) is 104 cm³/mol. The molecule has 0 saturated carbocycles. The third kappa shape index (κ3) is 5.90. The highest BCUT2D eigenvalue weighted by molar-refractivity contribution is 7.99. The van der Waals surface area contributed by atoms with Crippen molar-refractivity contribution in [2.24, 2.45) is 5.92 Å². The summed E-state index contributed by atoms with van der Waals surface area (Å²) >= 11 is 1.65. The van der Waals surface area contributed by atoms with E-state index in [2.05, 4.69) is 16.8 Å². The fraction of sp³-hybridized carbons (Fsp3) is 0.474. The van der Waals surface area contributed by atoms with Crippen molar-refractivity contribution in [1.29, 1.82) is 0 Å². The largest absolute Gasteiger partial charge is 0.340 e. The molecular formula is C19H27N3O2S. The van der Waals surface area contributed by atoms with E-state index in [4.69, 9.17) is 0 Å². The molecule has 5 nitrogen and oxygen atoms in total. The smallest absolute Gasteiger partial charge is 0.238 e. The van der Waals surface area contributed by atoms with Gasteiger partial charge in [-0.25, -0.2) is 0 Å². The summed E-state index contributed by atoms with van der Waals surface area (Å²) < 4.78 is 0. The number of carbonyl (C=O) groups excluding carboxylic acids is 2. The molecular weight excluding hydrogens is 334 g/mol. The van der Waals surface area contributed by atoms with E-state index in [9.17, 15) is 9.59 Å². The first-order chi connectivity index (χ1) is 12.0. The number of nitrogens with one attached hydrogen (secondary N) is 1. The fourth-order valence-electron chi connectivity index (χ4n) is 2.73. The molecule has 1 fully saturated rings. The van der Waals surface area contributed by atoms with Gasteiger partial charge < -0.3 is 10.2 Å². The molecule has 0 atom stereocenters. The van der Waals surface area contributed by atoms with Crippen molar-refractivity contribution in [3.8, 4) is 0 Å². The van der Waals surface area contributed by atoms with Crippen molar-refractivity contribution >= 4 is 29.3 Å². The molecule has 1 aromatic rings. The van der Waals surface area contributed by atoms with Crippen molar-refractivity contribution in [3.05, 3.63) is 36.9 Å². The van der Waals surface area contributed by atoms with E-state index in [1.807, 2.05) is 49.1 Å². The number of hydrogen-bond donors (Lipinski definition) is 1. The fourth-order valence-corrected chi connectivity index (χ4v) is 3.48. The molecule has 0 aromatic heterocycles. The van der Waals surface area contributed by atoms with Crippen molar-refractivity contribution in [2.45, 2.75) is 18.7 Å². The summed E-state index contributed by atoms with van der Waals surface area (Å²) in [7, 11) is 0. The lowest BCUT2D eigenvalue weighted by molar-refractivity contribution is -0.136. The van der Waals surface area contributed by atoms with Crippen LogP contribution in [0.2, 0.25) is 0 Å². The molecule has 0 spiro atoms. The maximum atomic E-state index is 12.4. The Bertz CT molecular complexity index is 610. The van der Waals surface area contributed by atoms with Crippen LogP contribution in [-0.2, 0) is 9.59 Å². The molecule has 0 unspecified atom stereocenters. The quantitative estimate of drug-likeness (QED) is 0.599. The number of anilines is 1. The van der Waals surface area contributed by atoms with Crippen molar-refractivity contribution in [2.75, 3.05) is 43.8 Å². The molecule has 0 aliphatic carbocycles. The molecule has 0 bridgehead atoms. The molecule has 2 amide bonds. The van der Waals surface area contributed by atoms with Gasteiger partial charge in [0.25, 0.3) is 0 Å². The molecule has 25 heavy (non-hydrogen) atoms. The van der Waals surface area contributed by atoms with Gasteiger partial charge in [0.2, 0.25) is 11.8 Å². The highest BCUT2D eigenvalue weighted by atomic mass is 32.2. The van der Waals surface area contributed by atoms with Gasteiger partial charge >= 0.3 is 0 Å². The predicted octanol–water partition coefficient (Wildman–Crippen LogP) is 2.70. The number of amides is 2. The summed E-state index contributed by atoms with van der Waals surface area (Å²) in [4.78, 5) is 29.4. The second-order valence-electron chi connectivity index (χ2n) is 6.40. The second-order valence-corrected chi connectivity index (χ2v) is 7.46. The SMILES string of the molecule is C=CCSc1ccccc1NC(=O)CN1CCN(C(=O)C(C)C)CC1. The summed E-state index contributed by atoms with van der Waals surface area (Å²) in [6, 6.07) is 7.80. The van der Waals surface area contributed by atoms with Crippen LogP contribution in [0.5, 0.6) is 0 Å². The van der Waals surface area contributed by atoms with Gasteiger partial charge in [-0.2, -0.15) is 0 Å². The molecule has 1 heterocycles. The average Bonchev–Trinajstić information content (AvgIpc) is 2.61. The first-order valence-corrected chi connectivity index (χ1v) is 9.63. The van der Waals surface area contributed by atoms with E-state index in [0.29, 0.717) is 19.6 Å². The first kappa shape index (κ1) is 19.5. The maximum absolute atomic E-state index is 12.4. The second kappa shape index (κ2) is 9.63. The number of hydrogen-bond acceptors (Lipinski definition) is 4. The minimum Gasteiger partial charge on any atom is -0.340 e. The maximum Gasteiger partial charge on any atom is 0.238 e. The zero-order valence-electron chi connectivity index (χ0n) is 15.0. The van der Waals surface area contributed by atoms with Gasteiger partial charge in [0, 0.05) is 42.7 Å². The van der Waals surface area contributed by atoms with Gasteiger partial charge in [-0.1, -0.05) is 32.1 Å². The van der Waals surface area contributed by atoms with Crippen LogP contribution >= 0.6 is 11.8 Å². The zero-order valence-corrected chi connectivity index (χ0v) is 15.8. The highest BCUT2D eigenvalue weighted by Crippen LogP contribution is 2.26. The molecule has 1 N–H and O–H groups in total. The Morgan fingerprint density at radius 3 is 2.56 bits per heavy atom. The number of piperazine rings is 1. The van der Waals surface area contributed by atoms with Gasteiger partial charge in [0.15, 0.2) is 0 Å². The minimum absolute atomic E-state index is 0.0183. The Labute approximate surface area is 154 Å². The molecule has 136 valence electrons. The normalized spacial score (nSPS) is 15.2. The van der Waals surface area contributed by atoms with Gasteiger partial charge in [-0.15, -0.1) is 18.3 Å². The first-order valence-electron chi connectivity index (χ1n) is 8.65. The zero-order chi connectivity index (χ0) is 18.2. The summed E-state index contributed by atoms with van der Waals surface area (Å²) in [5.41, 5.74) is 0.841. The molecule has 2 rings (SSSR count). The number of nitrogens with zero attached hydrogens (tertiary/aromatic N) is 2. The molecule has 1 aliphatic heterocycles. The van der Waals surface area contributed by atoms with Gasteiger partial charge in [-0.3, -0.25) is 14.5 Å². The van der Waals surface area contributed by atoms with Crippen molar-refractivity contribution < 1.29 is 9.59 Å². The van der Waals surface area contributed by atoms with Crippen LogP contribution in [0.1, 0.15) is 13.8 Å². The highest BCUT2D eigenvalue weighted by Gasteiger charge is 2.23. The molecule has 6 heteroatoms. The number of rotatable bonds is 7. The van der Waals surface area contributed by atoms with Crippen LogP contribution in [-0.4, -0.2) is 60.1 Å². The summed E-state index contributed by atoms with van der Waals surface area (Å²) in [5.74, 6) is 1.01. The lowest BCUT2D eigenvalue weighted by atomic mass is 10.1. The van der Waals surface area contributed by atoms with Crippen LogP contribution in [0.15, 0.2) is 41.8 Å². The lowest BCUT2D eigenvalue weighted by Crippen LogP contribution is -2.51. The van der Waals surface area contributed by atoms with Crippen LogP contribution in [0.25, 0.3) is 0 Å². The monoisotopic (exact) mass is 361 g/mol. The van der Waals surface area contributed by atoms with Gasteiger partial charge in [-0.05, 0) is 12.1 Å². The standard InChI is InChI=1S/C19H27N3O2S/c1-4-13-25-17-8-6-5-7-16(17)20-18(23)14-21-9-11-22(12-10-21)19(24)15(2)3/h4-8,15H,1,9-14H2,2-3H3,(H,20,23). The molecule has 0 radical (unpaired) electrons. The summed E-state index contributed by atoms with van der Waals surface area (Å²) in [6.45, 7) is 10.8. The Morgan fingerprint density at radius 1 is 1.24 bits per heavy atom. The summed E-state index contributed by atoms with van der Waals surface area (Å²) in [6.07, 6.45) is 1.85. The minimum atomic E-state index is -0.0183. The third-order valence-corrected chi connectivity index (χ3v) is 5.13. The Morgan fingerprint density at radius 2 is 1.92 bits per heavy atom. The van der Waals surface area contributed by atoms with Crippen molar-refractivity contribution in [1.82, 2.24) is 9.80 Å². The third-order valence-electron chi connectivity index (χ3n) is 4.06. The Balaban J connectivity index is 1.84. The number of thioether (sulfide) groups is 1. The van der Waals surface area contributed by atoms with Crippen LogP contribution < -0.4 is 5.32 Å². The molecule has 1 aromatic carbocycles. The molecule has 1 saturated heterocycles. The van der Waals surface area contributed by atoms with Crippen molar-refractivity contribution in [3.63, 3.8) is 0 Å². The van der Waals surface area contributed by atoms with E-state index >= 15 is 0 Å². The van der Waals surface area contributed by atoms with Crippen LogP contribution in [0.4, 0.5) is 5.69 Å². The Kier molecular flexibility index (Phi) is 7.52.